The Labute approximate surface area is 115 Å². The molecule has 1 aromatic heterocycles. The van der Waals surface area contributed by atoms with Crippen LogP contribution in [0, 0.1) is 10.1 Å². The molecule has 104 valence electrons. The Kier molecular flexibility index (Phi) is 3.23. The molecule has 1 N–H and O–H groups in total. The van der Waals surface area contributed by atoms with Crippen LogP contribution in [0.4, 0.5) is 11.4 Å². The number of para-hydroxylation sites is 1. The van der Waals surface area contributed by atoms with E-state index in [0.717, 1.165) is 23.7 Å². The molecule has 20 heavy (non-hydrogen) atoms. The molecule has 1 heterocycles. The van der Waals surface area contributed by atoms with Crippen molar-refractivity contribution in [2.24, 2.45) is 0 Å². The van der Waals surface area contributed by atoms with Gasteiger partial charge in [-0.15, -0.1) is 0 Å². The van der Waals surface area contributed by atoms with Crippen LogP contribution in [0.3, 0.4) is 0 Å². The lowest BCUT2D eigenvalue weighted by Crippen LogP contribution is -2.40. The highest BCUT2D eigenvalue weighted by Crippen LogP contribution is 2.35. The van der Waals surface area contributed by atoms with Crippen LogP contribution in [0.1, 0.15) is 12.8 Å². The lowest BCUT2D eigenvalue weighted by molar-refractivity contribution is -0.384. The molecule has 0 atom stereocenters. The van der Waals surface area contributed by atoms with Crippen LogP contribution < -0.4 is 5.32 Å². The SMILES string of the molecule is COC1CC(Nc2c([N+](=O)[O-])cnc3ccccc23)C1. The second-order valence-corrected chi connectivity index (χ2v) is 4.96. The molecule has 0 bridgehead atoms. The van der Waals surface area contributed by atoms with Crippen molar-refractivity contribution in [1.29, 1.82) is 0 Å². The summed E-state index contributed by atoms with van der Waals surface area (Å²) < 4.78 is 5.23. The average Bonchev–Trinajstić information content (AvgIpc) is 2.41. The molecule has 6 heteroatoms. The van der Waals surface area contributed by atoms with Crippen molar-refractivity contribution < 1.29 is 9.66 Å². The summed E-state index contributed by atoms with van der Waals surface area (Å²) in [5, 5.41) is 15.2. The lowest BCUT2D eigenvalue weighted by Gasteiger charge is -2.35. The van der Waals surface area contributed by atoms with Gasteiger partial charge in [-0.25, -0.2) is 4.98 Å². The van der Waals surface area contributed by atoms with Crippen molar-refractivity contribution in [1.82, 2.24) is 4.98 Å². The summed E-state index contributed by atoms with van der Waals surface area (Å²) in [7, 11) is 1.69. The Balaban J connectivity index is 1.98. The third-order valence-corrected chi connectivity index (χ3v) is 3.73. The van der Waals surface area contributed by atoms with E-state index in [1.54, 1.807) is 7.11 Å². The topological polar surface area (TPSA) is 77.3 Å². The molecule has 1 saturated carbocycles. The number of fused-ring (bicyclic) bond motifs is 1. The van der Waals surface area contributed by atoms with Crippen molar-refractivity contribution in [3.05, 3.63) is 40.6 Å². The van der Waals surface area contributed by atoms with Gasteiger partial charge in [0.15, 0.2) is 0 Å². The third kappa shape index (κ3) is 2.18. The molecule has 1 fully saturated rings. The van der Waals surface area contributed by atoms with E-state index in [1.807, 2.05) is 24.3 Å². The number of nitrogens with one attached hydrogen (secondary N) is 1. The molecule has 1 aliphatic carbocycles. The van der Waals surface area contributed by atoms with Gasteiger partial charge >= 0.3 is 5.69 Å². The summed E-state index contributed by atoms with van der Waals surface area (Å²) in [5.74, 6) is 0. The zero-order chi connectivity index (χ0) is 14.1. The Morgan fingerprint density at radius 3 is 2.85 bits per heavy atom. The molecular formula is C14H15N3O3. The third-order valence-electron chi connectivity index (χ3n) is 3.73. The summed E-state index contributed by atoms with van der Waals surface area (Å²) in [6.07, 6.45) is 3.30. The van der Waals surface area contributed by atoms with E-state index in [1.165, 1.54) is 6.20 Å². The fraction of sp³-hybridized carbons (Fsp3) is 0.357. The number of ether oxygens (including phenoxy) is 1. The maximum Gasteiger partial charge on any atom is 0.311 e. The number of methoxy groups -OCH3 is 1. The van der Waals surface area contributed by atoms with Crippen molar-refractivity contribution in [3.8, 4) is 0 Å². The minimum Gasteiger partial charge on any atom is -0.381 e. The maximum atomic E-state index is 11.2. The van der Waals surface area contributed by atoms with E-state index < -0.39 is 4.92 Å². The number of hydrogen-bond acceptors (Lipinski definition) is 5. The number of anilines is 1. The first kappa shape index (κ1) is 12.8. The first-order valence-electron chi connectivity index (χ1n) is 6.50. The molecule has 0 radical (unpaired) electrons. The molecule has 6 nitrogen and oxygen atoms in total. The molecule has 0 amide bonds. The average molecular weight is 273 g/mol. The largest absolute Gasteiger partial charge is 0.381 e. The molecule has 1 aromatic carbocycles. The number of nitro groups is 1. The van der Waals surface area contributed by atoms with Gasteiger partial charge in [0.05, 0.1) is 16.5 Å². The monoisotopic (exact) mass is 273 g/mol. The predicted octanol–water partition coefficient (Wildman–Crippen LogP) is 2.73. The van der Waals surface area contributed by atoms with Crippen LogP contribution in [0.5, 0.6) is 0 Å². The number of rotatable bonds is 4. The molecule has 1 aliphatic rings. The fourth-order valence-electron chi connectivity index (χ4n) is 2.50. The van der Waals surface area contributed by atoms with Crippen LogP contribution in [0.25, 0.3) is 10.9 Å². The highest BCUT2D eigenvalue weighted by atomic mass is 16.6. The first-order valence-corrected chi connectivity index (χ1v) is 6.50. The Morgan fingerprint density at radius 2 is 2.15 bits per heavy atom. The van der Waals surface area contributed by atoms with Crippen LogP contribution in [0.15, 0.2) is 30.5 Å². The van der Waals surface area contributed by atoms with Crippen molar-refractivity contribution in [2.45, 2.75) is 25.0 Å². The number of nitrogens with zero attached hydrogens (tertiary/aromatic N) is 2. The zero-order valence-electron chi connectivity index (χ0n) is 11.1. The quantitative estimate of drug-likeness (QED) is 0.684. The van der Waals surface area contributed by atoms with Crippen molar-refractivity contribution in [2.75, 3.05) is 12.4 Å². The van der Waals surface area contributed by atoms with Crippen molar-refractivity contribution >= 4 is 22.3 Å². The van der Waals surface area contributed by atoms with Crippen LogP contribution in [-0.2, 0) is 4.74 Å². The van der Waals surface area contributed by atoms with E-state index in [0.29, 0.717) is 5.69 Å². The Morgan fingerprint density at radius 1 is 1.40 bits per heavy atom. The van der Waals surface area contributed by atoms with Crippen molar-refractivity contribution in [3.63, 3.8) is 0 Å². The second-order valence-electron chi connectivity index (χ2n) is 4.96. The van der Waals surface area contributed by atoms with Gasteiger partial charge < -0.3 is 10.1 Å². The van der Waals surface area contributed by atoms with E-state index in [2.05, 4.69) is 10.3 Å². The van der Waals surface area contributed by atoms with Crippen LogP contribution in [-0.4, -0.2) is 29.2 Å². The van der Waals surface area contributed by atoms with E-state index in [4.69, 9.17) is 4.74 Å². The molecule has 0 aliphatic heterocycles. The molecule has 2 aromatic rings. The minimum atomic E-state index is -0.395. The van der Waals surface area contributed by atoms with E-state index in [9.17, 15) is 10.1 Å². The van der Waals surface area contributed by atoms with E-state index in [-0.39, 0.29) is 17.8 Å². The molecule has 0 spiro atoms. The van der Waals surface area contributed by atoms with Crippen LogP contribution in [0.2, 0.25) is 0 Å². The predicted molar refractivity (Wildman–Crippen MR) is 75.8 cm³/mol. The second kappa shape index (κ2) is 5.05. The standard InChI is InChI=1S/C14H15N3O3/c1-20-10-6-9(7-10)16-14-11-4-2-3-5-12(11)15-8-13(14)17(18)19/h2-5,8-10H,6-7H2,1H3,(H,15,16). The number of pyridine rings is 1. The maximum absolute atomic E-state index is 11.2. The summed E-state index contributed by atoms with van der Waals surface area (Å²) in [4.78, 5) is 14.9. The molecule has 0 unspecified atom stereocenters. The van der Waals surface area contributed by atoms with Gasteiger partial charge in [-0.1, -0.05) is 18.2 Å². The summed E-state index contributed by atoms with van der Waals surface area (Å²) in [6.45, 7) is 0. The number of aromatic nitrogens is 1. The first-order chi connectivity index (χ1) is 9.69. The van der Waals surface area contributed by atoms with Gasteiger partial charge in [0.2, 0.25) is 0 Å². The summed E-state index contributed by atoms with van der Waals surface area (Å²) in [6, 6.07) is 7.64. The molecular weight excluding hydrogens is 258 g/mol. The van der Waals surface area contributed by atoms with E-state index >= 15 is 0 Å². The number of hydrogen-bond donors (Lipinski definition) is 1. The Bertz CT molecular complexity index is 653. The molecule has 0 saturated heterocycles. The zero-order valence-corrected chi connectivity index (χ0v) is 11.1. The highest BCUT2D eigenvalue weighted by molar-refractivity contribution is 5.95. The van der Waals surface area contributed by atoms with Gasteiger partial charge in [-0.3, -0.25) is 10.1 Å². The summed E-state index contributed by atoms with van der Waals surface area (Å²) >= 11 is 0. The van der Waals surface area contributed by atoms with Gasteiger partial charge in [-0.05, 0) is 18.9 Å². The van der Waals surface area contributed by atoms with Gasteiger partial charge in [0, 0.05) is 18.5 Å². The van der Waals surface area contributed by atoms with Gasteiger partial charge in [-0.2, -0.15) is 0 Å². The molecule has 3 rings (SSSR count). The van der Waals surface area contributed by atoms with Gasteiger partial charge in [0.1, 0.15) is 11.9 Å². The van der Waals surface area contributed by atoms with Gasteiger partial charge in [0.25, 0.3) is 0 Å². The highest BCUT2D eigenvalue weighted by Gasteiger charge is 2.31. The number of benzene rings is 1. The normalized spacial score (nSPS) is 21.4. The smallest absolute Gasteiger partial charge is 0.311 e. The Hall–Kier alpha value is -2.21. The van der Waals surface area contributed by atoms with Crippen LogP contribution >= 0.6 is 0 Å². The fourth-order valence-corrected chi connectivity index (χ4v) is 2.50. The minimum absolute atomic E-state index is 0.0181. The summed E-state index contributed by atoms with van der Waals surface area (Å²) in [5.41, 5.74) is 1.33. The lowest BCUT2D eigenvalue weighted by atomic mass is 9.89.